The number of rotatable bonds is 9. The van der Waals surface area contributed by atoms with E-state index in [2.05, 4.69) is 29.0 Å². The maximum Gasteiger partial charge on any atom is 0.149 e. The molecule has 0 radical (unpaired) electrons. The molecule has 5 heteroatoms. The zero-order valence-corrected chi connectivity index (χ0v) is 11.7. The van der Waals surface area contributed by atoms with Gasteiger partial charge in [0.2, 0.25) is 0 Å². The van der Waals surface area contributed by atoms with Gasteiger partial charge in [-0.2, -0.15) is 0 Å². The van der Waals surface area contributed by atoms with Crippen molar-refractivity contribution in [2.45, 2.75) is 18.2 Å². The van der Waals surface area contributed by atoms with E-state index in [4.69, 9.17) is 0 Å². The lowest BCUT2D eigenvalue weighted by molar-refractivity contribution is 0.303. The summed E-state index contributed by atoms with van der Waals surface area (Å²) in [6.07, 6.45) is 1.86. The van der Waals surface area contributed by atoms with E-state index >= 15 is 0 Å². The maximum absolute atomic E-state index is 4.23. The molecule has 0 aliphatic rings. The van der Waals surface area contributed by atoms with Crippen LogP contribution in [0.1, 0.15) is 13.8 Å². The molecule has 1 aromatic rings. The van der Waals surface area contributed by atoms with Gasteiger partial charge in [-0.3, -0.25) is 0 Å². The third kappa shape index (κ3) is 5.84. The molecule has 0 fully saturated rings. The van der Waals surface area contributed by atoms with Crippen LogP contribution in [-0.2, 0) is 0 Å². The van der Waals surface area contributed by atoms with Crippen LogP contribution in [0, 0.1) is 0 Å². The van der Waals surface area contributed by atoms with Crippen LogP contribution >= 0.6 is 23.1 Å². The molecule has 1 N–H and O–H groups in total. The van der Waals surface area contributed by atoms with Gasteiger partial charge in [-0.05, 0) is 13.1 Å². The van der Waals surface area contributed by atoms with Crippen molar-refractivity contribution in [3.05, 3.63) is 11.6 Å². The fraction of sp³-hybridized carbons (Fsp3) is 0.727. The molecule has 0 amide bonds. The van der Waals surface area contributed by atoms with Crippen LogP contribution in [0.5, 0.6) is 0 Å². The van der Waals surface area contributed by atoms with Crippen molar-refractivity contribution in [1.82, 2.24) is 15.2 Å². The highest BCUT2D eigenvalue weighted by molar-refractivity contribution is 8.01. The van der Waals surface area contributed by atoms with E-state index in [1.54, 1.807) is 11.3 Å². The number of thioether (sulfide) groups is 1. The minimum Gasteiger partial charge on any atom is -0.315 e. The van der Waals surface area contributed by atoms with Crippen molar-refractivity contribution in [2.24, 2.45) is 0 Å². The van der Waals surface area contributed by atoms with E-state index in [0.717, 1.165) is 38.5 Å². The Morgan fingerprint density at radius 3 is 2.81 bits per heavy atom. The highest BCUT2D eigenvalue weighted by atomic mass is 32.2. The third-order valence-electron chi connectivity index (χ3n) is 2.41. The topological polar surface area (TPSA) is 28.2 Å². The minimum atomic E-state index is 1.06. The van der Waals surface area contributed by atoms with Gasteiger partial charge in [-0.15, -0.1) is 11.3 Å². The molecule has 1 rings (SSSR count). The van der Waals surface area contributed by atoms with E-state index in [1.165, 1.54) is 4.34 Å². The van der Waals surface area contributed by atoms with Gasteiger partial charge >= 0.3 is 0 Å². The van der Waals surface area contributed by atoms with Crippen molar-refractivity contribution < 1.29 is 0 Å². The summed E-state index contributed by atoms with van der Waals surface area (Å²) < 4.78 is 1.17. The van der Waals surface area contributed by atoms with Gasteiger partial charge in [0.1, 0.15) is 4.34 Å². The van der Waals surface area contributed by atoms with Crippen molar-refractivity contribution >= 4 is 23.1 Å². The first-order valence-electron chi connectivity index (χ1n) is 5.82. The van der Waals surface area contributed by atoms with Crippen LogP contribution in [0.25, 0.3) is 0 Å². The Labute approximate surface area is 107 Å². The smallest absolute Gasteiger partial charge is 0.149 e. The normalized spacial score (nSPS) is 11.2. The molecule has 92 valence electrons. The largest absolute Gasteiger partial charge is 0.315 e. The first-order chi connectivity index (χ1) is 7.86. The minimum absolute atomic E-state index is 1.06. The monoisotopic (exact) mass is 259 g/mol. The van der Waals surface area contributed by atoms with Gasteiger partial charge in [0, 0.05) is 37.0 Å². The molecule has 0 bridgehead atoms. The number of hydrogen-bond acceptors (Lipinski definition) is 5. The van der Waals surface area contributed by atoms with E-state index in [1.807, 2.05) is 23.3 Å². The Kier molecular flexibility index (Phi) is 7.84. The Bertz CT molecular complexity index is 248. The molecule has 1 heterocycles. The summed E-state index contributed by atoms with van der Waals surface area (Å²) in [5, 5.41) is 5.49. The molecule has 0 saturated heterocycles. The van der Waals surface area contributed by atoms with Gasteiger partial charge in [0.05, 0.1) is 0 Å². The Morgan fingerprint density at radius 2 is 2.19 bits per heavy atom. The van der Waals surface area contributed by atoms with Crippen LogP contribution in [0.15, 0.2) is 15.9 Å². The second-order valence-electron chi connectivity index (χ2n) is 3.42. The lowest BCUT2D eigenvalue weighted by atomic mass is 10.4. The van der Waals surface area contributed by atoms with Crippen molar-refractivity contribution in [2.75, 3.05) is 38.5 Å². The van der Waals surface area contributed by atoms with Crippen LogP contribution in [-0.4, -0.2) is 48.4 Å². The fourth-order valence-corrected chi connectivity index (χ4v) is 3.00. The van der Waals surface area contributed by atoms with Gasteiger partial charge in [0.25, 0.3) is 0 Å². The van der Waals surface area contributed by atoms with Crippen LogP contribution in [0.4, 0.5) is 0 Å². The summed E-state index contributed by atoms with van der Waals surface area (Å²) in [6, 6.07) is 0. The molecule has 3 nitrogen and oxygen atoms in total. The highest BCUT2D eigenvalue weighted by Crippen LogP contribution is 2.18. The zero-order chi connectivity index (χ0) is 11.6. The molecule has 0 saturated carbocycles. The first kappa shape index (κ1) is 14.0. The molecule has 0 atom stereocenters. The lowest BCUT2D eigenvalue weighted by Crippen LogP contribution is -2.32. The van der Waals surface area contributed by atoms with E-state index in [-0.39, 0.29) is 0 Å². The van der Waals surface area contributed by atoms with E-state index < -0.39 is 0 Å². The summed E-state index contributed by atoms with van der Waals surface area (Å²) in [5.74, 6) is 1.10. The molecule has 0 aliphatic carbocycles. The lowest BCUT2D eigenvalue weighted by Gasteiger charge is -2.17. The van der Waals surface area contributed by atoms with Crippen LogP contribution < -0.4 is 5.32 Å². The molecule has 16 heavy (non-hydrogen) atoms. The second kappa shape index (κ2) is 8.98. The maximum atomic E-state index is 4.23. The van der Waals surface area contributed by atoms with Crippen LogP contribution in [0.2, 0.25) is 0 Å². The number of likely N-dealkylation sites (N-methyl/N-ethyl adjacent to an activating group) is 1. The summed E-state index contributed by atoms with van der Waals surface area (Å²) in [6.45, 7) is 10.0. The summed E-state index contributed by atoms with van der Waals surface area (Å²) in [4.78, 5) is 6.67. The van der Waals surface area contributed by atoms with Gasteiger partial charge in [0.15, 0.2) is 0 Å². The molecule has 0 aromatic carbocycles. The van der Waals surface area contributed by atoms with Crippen molar-refractivity contribution in [1.29, 1.82) is 0 Å². The second-order valence-corrected chi connectivity index (χ2v) is 5.66. The Morgan fingerprint density at radius 1 is 1.38 bits per heavy atom. The number of hydrogen-bond donors (Lipinski definition) is 1. The van der Waals surface area contributed by atoms with Gasteiger partial charge in [-0.1, -0.05) is 25.6 Å². The van der Waals surface area contributed by atoms with E-state index in [9.17, 15) is 0 Å². The number of nitrogens with zero attached hydrogens (tertiary/aromatic N) is 2. The van der Waals surface area contributed by atoms with Crippen LogP contribution in [0.3, 0.4) is 0 Å². The Balaban J connectivity index is 1.92. The number of aromatic nitrogens is 1. The average Bonchev–Trinajstić information content (AvgIpc) is 2.81. The van der Waals surface area contributed by atoms with Crippen molar-refractivity contribution in [3.8, 4) is 0 Å². The molecule has 0 spiro atoms. The summed E-state index contributed by atoms with van der Waals surface area (Å²) in [5.41, 5.74) is 0. The SMILES string of the molecule is CCN(CC)CCNCCSc1nccs1. The molecular weight excluding hydrogens is 238 g/mol. The number of nitrogens with one attached hydrogen (secondary N) is 1. The summed E-state index contributed by atoms with van der Waals surface area (Å²) >= 11 is 3.54. The molecule has 0 aliphatic heterocycles. The van der Waals surface area contributed by atoms with Gasteiger partial charge < -0.3 is 10.2 Å². The summed E-state index contributed by atoms with van der Waals surface area (Å²) in [7, 11) is 0. The van der Waals surface area contributed by atoms with Crippen molar-refractivity contribution in [3.63, 3.8) is 0 Å². The standard InChI is InChI=1S/C11H21N3S2/c1-3-14(4-2)8-5-12-6-9-15-11-13-7-10-16-11/h7,10,12H,3-6,8-9H2,1-2H3. The average molecular weight is 259 g/mol. The predicted molar refractivity (Wildman–Crippen MR) is 73.5 cm³/mol. The molecule has 0 unspecified atom stereocenters. The predicted octanol–water partition coefficient (Wildman–Crippen LogP) is 2.17. The fourth-order valence-electron chi connectivity index (χ4n) is 1.39. The van der Waals surface area contributed by atoms with Gasteiger partial charge in [-0.25, -0.2) is 4.98 Å². The number of thiazole rings is 1. The zero-order valence-electron chi connectivity index (χ0n) is 10.1. The van der Waals surface area contributed by atoms with E-state index in [0.29, 0.717) is 0 Å². The first-order valence-corrected chi connectivity index (χ1v) is 7.68. The Hall–Kier alpha value is -0.100. The third-order valence-corrected chi connectivity index (χ3v) is 4.38. The quantitative estimate of drug-likeness (QED) is 0.543. The highest BCUT2D eigenvalue weighted by Gasteiger charge is 1.98. The molecular formula is C11H21N3S2. The molecule has 1 aromatic heterocycles.